The van der Waals surface area contributed by atoms with Gasteiger partial charge >= 0.3 is 5.97 Å². The van der Waals surface area contributed by atoms with Crippen molar-refractivity contribution in [2.75, 3.05) is 20.2 Å². The Labute approximate surface area is 114 Å². The molecule has 0 radical (unpaired) electrons. The van der Waals surface area contributed by atoms with Gasteiger partial charge in [-0.2, -0.15) is 0 Å². The van der Waals surface area contributed by atoms with Crippen LogP contribution in [0.25, 0.3) is 0 Å². The Kier molecular flexibility index (Phi) is 7.15. The molecule has 0 amide bonds. The summed E-state index contributed by atoms with van der Waals surface area (Å²) in [5, 5.41) is 12.7. The van der Waals surface area contributed by atoms with Crippen molar-refractivity contribution in [2.45, 2.75) is 32.3 Å². The number of hydrogen-bond donors (Lipinski definition) is 2. The Morgan fingerprint density at radius 2 is 1.95 bits per heavy atom. The Bertz CT molecular complexity index is 375. The summed E-state index contributed by atoms with van der Waals surface area (Å²) in [5.41, 5.74) is 2.61. The van der Waals surface area contributed by atoms with E-state index < -0.39 is 6.10 Å². The summed E-state index contributed by atoms with van der Waals surface area (Å²) in [5.74, 6) is -0.385. The fourth-order valence-electron chi connectivity index (χ4n) is 1.79. The van der Waals surface area contributed by atoms with Crippen LogP contribution in [-0.2, 0) is 22.4 Å². The monoisotopic (exact) mass is 265 g/mol. The third kappa shape index (κ3) is 6.36. The highest BCUT2D eigenvalue weighted by atomic mass is 16.5. The lowest BCUT2D eigenvalue weighted by Gasteiger charge is -2.10. The number of carbonyl (C=O) groups excluding carboxylic acids is 1. The van der Waals surface area contributed by atoms with Gasteiger partial charge in [0, 0.05) is 6.54 Å². The zero-order chi connectivity index (χ0) is 14.1. The zero-order valence-electron chi connectivity index (χ0n) is 11.7. The van der Waals surface area contributed by atoms with E-state index in [1.165, 1.54) is 18.2 Å². The van der Waals surface area contributed by atoms with Crippen LogP contribution in [0.5, 0.6) is 0 Å². The lowest BCUT2D eigenvalue weighted by Crippen LogP contribution is -2.30. The number of esters is 1. The lowest BCUT2D eigenvalue weighted by atomic mass is 10.1. The predicted molar refractivity (Wildman–Crippen MR) is 75.0 cm³/mol. The molecule has 1 rings (SSSR count). The summed E-state index contributed by atoms with van der Waals surface area (Å²) in [7, 11) is 1.32. The summed E-state index contributed by atoms with van der Waals surface area (Å²) in [6.07, 6.45) is 1.32. The van der Waals surface area contributed by atoms with Crippen LogP contribution in [0.3, 0.4) is 0 Å². The molecule has 19 heavy (non-hydrogen) atoms. The molecule has 1 atom stereocenters. The van der Waals surface area contributed by atoms with Gasteiger partial charge in [-0.1, -0.05) is 31.2 Å². The molecule has 1 aromatic carbocycles. The van der Waals surface area contributed by atoms with E-state index in [0.717, 1.165) is 19.4 Å². The molecule has 0 bridgehead atoms. The van der Waals surface area contributed by atoms with Gasteiger partial charge in [-0.3, -0.25) is 4.79 Å². The smallest absolute Gasteiger partial charge is 0.308 e. The second kappa shape index (κ2) is 8.67. The number of aliphatic hydroxyl groups excluding tert-OH is 1. The molecule has 0 heterocycles. The van der Waals surface area contributed by atoms with Gasteiger partial charge in [0.05, 0.1) is 19.6 Å². The van der Waals surface area contributed by atoms with Crippen LogP contribution >= 0.6 is 0 Å². The fourth-order valence-corrected chi connectivity index (χ4v) is 1.79. The van der Waals surface area contributed by atoms with Crippen LogP contribution in [0.1, 0.15) is 24.5 Å². The van der Waals surface area contributed by atoms with Gasteiger partial charge in [0.15, 0.2) is 0 Å². The van der Waals surface area contributed by atoms with Crippen LogP contribution in [0.4, 0.5) is 0 Å². The van der Waals surface area contributed by atoms with E-state index in [1.54, 1.807) is 0 Å². The highest BCUT2D eigenvalue weighted by molar-refractivity contribution is 5.69. The highest BCUT2D eigenvalue weighted by Gasteiger charge is 2.09. The average molecular weight is 265 g/mol. The molecule has 1 unspecified atom stereocenters. The Morgan fingerprint density at radius 1 is 1.32 bits per heavy atom. The molecule has 2 N–H and O–H groups in total. The van der Waals surface area contributed by atoms with Gasteiger partial charge < -0.3 is 15.2 Å². The molecular weight excluding hydrogens is 242 g/mol. The molecule has 0 aliphatic rings. The number of aryl methyl sites for hydroxylation is 1. The largest absolute Gasteiger partial charge is 0.469 e. The number of rotatable bonds is 8. The van der Waals surface area contributed by atoms with E-state index >= 15 is 0 Å². The van der Waals surface area contributed by atoms with Gasteiger partial charge in [-0.15, -0.1) is 0 Å². The van der Waals surface area contributed by atoms with Crippen LogP contribution in [-0.4, -0.2) is 37.4 Å². The molecule has 0 aliphatic carbocycles. The molecule has 1 aromatic rings. The number of ether oxygens (including phenoxy) is 1. The van der Waals surface area contributed by atoms with Crippen molar-refractivity contribution in [2.24, 2.45) is 0 Å². The number of benzene rings is 1. The first kappa shape index (κ1) is 15.7. The van der Waals surface area contributed by atoms with Crippen LogP contribution in [0, 0.1) is 0 Å². The topological polar surface area (TPSA) is 58.6 Å². The van der Waals surface area contributed by atoms with Gasteiger partial charge in [0.25, 0.3) is 0 Å². The standard InChI is InChI=1S/C15H23NO3/c1-3-12-4-6-13(7-5-12)8-9-16-11-14(17)10-15(18)19-2/h4-7,14,16-17H,3,8-11H2,1-2H3. The van der Waals surface area contributed by atoms with Crippen molar-refractivity contribution >= 4 is 5.97 Å². The Morgan fingerprint density at radius 3 is 2.53 bits per heavy atom. The maximum Gasteiger partial charge on any atom is 0.308 e. The molecule has 0 spiro atoms. The van der Waals surface area contributed by atoms with E-state index in [2.05, 4.69) is 41.2 Å². The third-order valence-electron chi connectivity index (χ3n) is 3.03. The minimum absolute atomic E-state index is 0.0364. The highest BCUT2D eigenvalue weighted by Crippen LogP contribution is 2.05. The first-order chi connectivity index (χ1) is 9.15. The third-order valence-corrected chi connectivity index (χ3v) is 3.03. The molecule has 0 saturated carbocycles. The SMILES string of the molecule is CCc1ccc(CCNCC(O)CC(=O)OC)cc1. The summed E-state index contributed by atoms with van der Waals surface area (Å²) in [6, 6.07) is 8.54. The van der Waals surface area contributed by atoms with E-state index in [1.807, 2.05) is 0 Å². The van der Waals surface area contributed by atoms with Gasteiger partial charge in [-0.05, 0) is 30.5 Å². The molecule has 0 aromatic heterocycles. The maximum absolute atomic E-state index is 10.9. The van der Waals surface area contributed by atoms with Gasteiger partial charge in [0.1, 0.15) is 0 Å². The number of hydrogen-bond acceptors (Lipinski definition) is 4. The van der Waals surface area contributed by atoms with E-state index in [4.69, 9.17) is 0 Å². The minimum atomic E-state index is -0.685. The Hall–Kier alpha value is -1.39. The first-order valence-electron chi connectivity index (χ1n) is 6.69. The fraction of sp³-hybridized carbons (Fsp3) is 0.533. The number of nitrogens with one attached hydrogen (secondary N) is 1. The van der Waals surface area contributed by atoms with Crippen molar-refractivity contribution in [3.8, 4) is 0 Å². The summed E-state index contributed by atoms with van der Waals surface area (Å²) in [6.45, 7) is 3.32. The quantitative estimate of drug-likeness (QED) is 0.549. The number of carbonyl (C=O) groups is 1. The summed E-state index contributed by atoms with van der Waals surface area (Å²) < 4.78 is 4.49. The molecular formula is C15H23NO3. The van der Waals surface area contributed by atoms with Crippen molar-refractivity contribution in [3.05, 3.63) is 35.4 Å². The van der Waals surface area contributed by atoms with Crippen molar-refractivity contribution < 1.29 is 14.6 Å². The van der Waals surface area contributed by atoms with Gasteiger partial charge in [0.2, 0.25) is 0 Å². The average Bonchev–Trinajstić information content (AvgIpc) is 2.44. The Balaban J connectivity index is 2.17. The van der Waals surface area contributed by atoms with E-state index in [9.17, 15) is 9.90 Å². The van der Waals surface area contributed by atoms with Crippen molar-refractivity contribution in [3.63, 3.8) is 0 Å². The van der Waals surface area contributed by atoms with Crippen LogP contribution in [0.15, 0.2) is 24.3 Å². The lowest BCUT2D eigenvalue weighted by molar-refractivity contribution is -0.142. The van der Waals surface area contributed by atoms with E-state index in [-0.39, 0.29) is 12.4 Å². The molecule has 106 valence electrons. The zero-order valence-corrected chi connectivity index (χ0v) is 11.7. The molecule has 0 saturated heterocycles. The van der Waals surface area contributed by atoms with Crippen molar-refractivity contribution in [1.82, 2.24) is 5.32 Å². The van der Waals surface area contributed by atoms with Crippen LogP contribution < -0.4 is 5.32 Å². The van der Waals surface area contributed by atoms with E-state index in [0.29, 0.717) is 6.54 Å². The predicted octanol–water partition coefficient (Wildman–Crippen LogP) is 1.31. The first-order valence-corrected chi connectivity index (χ1v) is 6.69. The number of aliphatic hydroxyl groups is 1. The minimum Gasteiger partial charge on any atom is -0.469 e. The molecule has 0 aliphatic heterocycles. The normalized spacial score (nSPS) is 12.2. The maximum atomic E-state index is 10.9. The van der Waals surface area contributed by atoms with Gasteiger partial charge in [-0.25, -0.2) is 0 Å². The van der Waals surface area contributed by atoms with Crippen LogP contribution in [0.2, 0.25) is 0 Å². The molecule has 0 fully saturated rings. The second-order valence-electron chi connectivity index (χ2n) is 4.56. The van der Waals surface area contributed by atoms with Crippen molar-refractivity contribution in [1.29, 1.82) is 0 Å². The molecule has 4 nitrogen and oxygen atoms in total. The summed E-state index contributed by atoms with van der Waals surface area (Å²) >= 11 is 0. The molecule has 4 heteroatoms. The second-order valence-corrected chi connectivity index (χ2v) is 4.56. The number of methoxy groups -OCH3 is 1. The summed E-state index contributed by atoms with van der Waals surface area (Å²) in [4.78, 5) is 10.9.